The van der Waals surface area contributed by atoms with Gasteiger partial charge >= 0.3 is 0 Å². The molecule has 1 heterocycles. The van der Waals surface area contributed by atoms with E-state index in [4.69, 9.17) is 29.0 Å². The maximum atomic E-state index is 14.7. The molecule has 7 rings (SSSR count). The Labute approximate surface area is 359 Å². The Balaban J connectivity index is 1.11. The Kier molecular flexibility index (Phi) is 14.8. The summed E-state index contributed by atoms with van der Waals surface area (Å²) >= 11 is 3.72. The molecule has 0 aromatic heterocycles. The fraction of sp³-hybridized carbons (Fsp3) is 0.200. The molecule has 10 heteroatoms. The number of hydrogen-bond donors (Lipinski definition) is 3. The molecule has 0 radical (unpaired) electrons. The number of carbonyl (C=O) groups is 1. The summed E-state index contributed by atoms with van der Waals surface area (Å²) in [6, 6.07) is 51.1. The van der Waals surface area contributed by atoms with Gasteiger partial charge in [0.25, 0.3) is 5.91 Å². The van der Waals surface area contributed by atoms with Gasteiger partial charge in [-0.2, -0.15) is 0 Å². The maximum absolute atomic E-state index is 14.7. The van der Waals surface area contributed by atoms with Crippen LogP contribution in [-0.2, 0) is 29.2 Å². The molecule has 3 N–H and O–H groups in total. The van der Waals surface area contributed by atoms with Crippen LogP contribution >= 0.6 is 15.9 Å². The lowest BCUT2D eigenvalue weighted by Crippen LogP contribution is -2.52. The average molecular weight is 867 g/mol. The van der Waals surface area contributed by atoms with Gasteiger partial charge < -0.3 is 24.1 Å². The quantitative estimate of drug-likeness (QED) is 0.0518. The van der Waals surface area contributed by atoms with E-state index in [1.54, 1.807) is 0 Å². The van der Waals surface area contributed by atoms with Crippen molar-refractivity contribution in [3.05, 3.63) is 202 Å². The molecule has 306 valence electrons. The molecule has 0 saturated carbocycles. The van der Waals surface area contributed by atoms with Crippen LogP contribution in [0.4, 0.5) is 0 Å². The second kappa shape index (κ2) is 21.2. The van der Waals surface area contributed by atoms with Crippen LogP contribution in [0.5, 0.6) is 17.2 Å². The van der Waals surface area contributed by atoms with Crippen LogP contribution < -0.4 is 25.1 Å². The van der Waals surface area contributed by atoms with Crippen LogP contribution in [0, 0.1) is 0 Å². The van der Waals surface area contributed by atoms with E-state index in [9.17, 15) is 4.79 Å². The zero-order chi connectivity index (χ0) is 41.4. The fourth-order valence-corrected chi connectivity index (χ4v) is 7.28. The molecule has 6 aromatic carbocycles. The SMILES string of the molecule is O=C(NNCCc1ccc(OCc2ccccc2)c(OCc2ccccc2)c1)[C@@]1(C/C=C/c2ccccc2)N=C(c2ccc(OCCCO)cc2)O[C@H]1c1ccccc1Br. The third kappa shape index (κ3) is 11.1. The fourth-order valence-electron chi connectivity index (χ4n) is 6.79. The molecule has 9 nitrogen and oxygen atoms in total. The largest absolute Gasteiger partial charge is 0.494 e. The number of hydrazine groups is 1. The molecule has 1 aliphatic heterocycles. The van der Waals surface area contributed by atoms with E-state index in [-0.39, 0.29) is 18.9 Å². The van der Waals surface area contributed by atoms with Crippen molar-refractivity contribution in [1.82, 2.24) is 10.9 Å². The zero-order valence-electron chi connectivity index (χ0n) is 33.2. The number of benzene rings is 6. The van der Waals surface area contributed by atoms with Crippen LogP contribution in [0.15, 0.2) is 173 Å². The molecular formula is C50H48BrN3O6. The number of nitrogens with zero attached hydrogens (tertiary/aromatic N) is 1. The predicted molar refractivity (Wildman–Crippen MR) is 239 cm³/mol. The van der Waals surface area contributed by atoms with Crippen molar-refractivity contribution in [3.8, 4) is 17.2 Å². The number of halogens is 1. The Morgan fingerprint density at radius 1 is 0.750 bits per heavy atom. The van der Waals surface area contributed by atoms with Crippen LogP contribution in [-0.4, -0.2) is 42.2 Å². The minimum Gasteiger partial charge on any atom is -0.494 e. The van der Waals surface area contributed by atoms with Gasteiger partial charge in [0.05, 0.1) is 6.61 Å². The van der Waals surface area contributed by atoms with Gasteiger partial charge in [-0.25, -0.2) is 10.4 Å². The molecule has 0 aliphatic carbocycles. The smallest absolute Gasteiger partial charge is 0.266 e. The summed E-state index contributed by atoms with van der Waals surface area (Å²) in [5, 5.41) is 9.16. The maximum Gasteiger partial charge on any atom is 0.266 e. The van der Waals surface area contributed by atoms with Crippen LogP contribution in [0.3, 0.4) is 0 Å². The van der Waals surface area contributed by atoms with E-state index in [1.807, 2.05) is 170 Å². The van der Waals surface area contributed by atoms with Crippen molar-refractivity contribution in [2.75, 3.05) is 19.8 Å². The van der Waals surface area contributed by atoms with Gasteiger partial charge in [0.1, 0.15) is 19.0 Å². The molecule has 2 atom stereocenters. The van der Waals surface area contributed by atoms with E-state index >= 15 is 0 Å². The Bertz CT molecular complexity index is 2340. The Morgan fingerprint density at radius 3 is 2.08 bits per heavy atom. The number of amides is 1. The molecule has 60 heavy (non-hydrogen) atoms. The Hall–Kier alpha value is -6.20. The van der Waals surface area contributed by atoms with E-state index in [2.05, 4.69) is 26.8 Å². The molecule has 0 spiro atoms. The topological polar surface area (TPSA) is 111 Å². The number of carbonyl (C=O) groups excluding carboxylic acids is 1. The highest BCUT2D eigenvalue weighted by Gasteiger charge is 2.53. The summed E-state index contributed by atoms with van der Waals surface area (Å²) in [4.78, 5) is 19.8. The number of aliphatic hydroxyl groups is 1. The summed E-state index contributed by atoms with van der Waals surface area (Å²) in [6.07, 6.45) is 4.58. The van der Waals surface area contributed by atoms with Gasteiger partial charge in [-0.15, -0.1) is 0 Å². The average Bonchev–Trinajstić information content (AvgIpc) is 3.68. The molecule has 1 amide bonds. The van der Waals surface area contributed by atoms with Gasteiger partial charge in [-0.05, 0) is 71.1 Å². The summed E-state index contributed by atoms with van der Waals surface area (Å²) in [6.45, 7) is 1.70. The second-order valence-corrected chi connectivity index (χ2v) is 15.1. The van der Waals surface area contributed by atoms with E-state index < -0.39 is 11.6 Å². The molecular weight excluding hydrogens is 818 g/mol. The number of hydrogen-bond acceptors (Lipinski definition) is 8. The summed E-state index contributed by atoms with van der Waals surface area (Å²) < 4.78 is 25.8. The van der Waals surface area contributed by atoms with Crippen molar-refractivity contribution in [1.29, 1.82) is 0 Å². The normalized spacial score (nSPS) is 15.9. The van der Waals surface area contributed by atoms with Crippen molar-refractivity contribution < 1.29 is 28.8 Å². The van der Waals surface area contributed by atoms with Gasteiger partial charge in [-0.1, -0.05) is 143 Å². The molecule has 0 saturated heterocycles. The molecule has 0 unspecified atom stereocenters. The Morgan fingerprint density at radius 2 is 1.40 bits per heavy atom. The van der Waals surface area contributed by atoms with E-state index in [1.165, 1.54) is 0 Å². The first kappa shape index (κ1) is 41.9. The van der Waals surface area contributed by atoms with Gasteiger partial charge in [0.15, 0.2) is 23.1 Å². The predicted octanol–water partition coefficient (Wildman–Crippen LogP) is 9.59. The van der Waals surface area contributed by atoms with Gasteiger partial charge in [-0.3, -0.25) is 10.2 Å². The van der Waals surface area contributed by atoms with E-state index in [0.29, 0.717) is 67.9 Å². The second-order valence-electron chi connectivity index (χ2n) is 14.3. The van der Waals surface area contributed by atoms with Crippen LogP contribution in [0.1, 0.15) is 52.3 Å². The standard InChI is InChI=1S/C50H48BrN3O6/c51-44-22-11-10-21-43(44)47-50(30-12-20-37-14-4-1-5-15-37,53-48(60-47)41-24-26-42(27-25-41)57-33-13-32-55)49(56)54-52-31-29-38-23-28-45(58-35-39-16-6-2-7-17-39)46(34-38)59-36-40-18-8-3-9-19-40/h1-12,14-28,34,47,52,55H,13,29-33,35-36H2,(H,54,56)/b20-12+/t47-,50-/m0/s1. The lowest BCUT2D eigenvalue weighted by atomic mass is 9.84. The third-order valence-electron chi connectivity index (χ3n) is 9.98. The first-order chi connectivity index (χ1) is 29.5. The minimum absolute atomic E-state index is 0.0556. The van der Waals surface area contributed by atoms with Crippen molar-refractivity contribution >= 4 is 33.8 Å². The number of ether oxygens (including phenoxy) is 4. The molecule has 0 bridgehead atoms. The van der Waals surface area contributed by atoms with Gasteiger partial charge in [0.2, 0.25) is 5.90 Å². The van der Waals surface area contributed by atoms with Crippen molar-refractivity contribution in [3.63, 3.8) is 0 Å². The molecule has 1 aliphatic rings. The molecule has 0 fully saturated rings. The number of nitrogens with one attached hydrogen (secondary N) is 2. The summed E-state index contributed by atoms with van der Waals surface area (Å²) in [7, 11) is 0. The first-order valence-electron chi connectivity index (χ1n) is 20.1. The number of aliphatic imine (C=N–C) groups is 1. The molecule has 6 aromatic rings. The number of rotatable bonds is 20. The lowest BCUT2D eigenvalue weighted by molar-refractivity contribution is -0.129. The summed E-state index contributed by atoms with van der Waals surface area (Å²) in [5.41, 5.74) is 10.4. The monoisotopic (exact) mass is 865 g/mol. The summed E-state index contributed by atoms with van der Waals surface area (Å²) in [5.74, 6) is 1.97. The van der Waals surface area contributed by atoms with Crippen LogP contribution in [0.25, 0.3) is 6.08 Å². The number of aliphatic hydroxyl groups excluding tert-OH is 1. The lowest BCUT2D eigenvalue weighted by Gasteiger charge is -2.30. The van der Waals surface area contributed by atoms with Crippen molar-refractivity contribution in [2.24, 2.45) is 4.99 Å². The minimum atomic E-state index is -1.38. The van der Waals surface area contributed by atoms with E-state index in [0.717, 1.165) is 32.3 Å². The van der Waals surface area contributed by atoms with Crippen LogP contribution in [0.2, 0.25) is 0 Å². The highest BCUT2D eigenvalue weighted by molar-refractivity contribution is 9.10. The highest BCUT2D eigenvalue weighted by atomic mass is 79.9. The highest BCUT2D eigenvalue weighted by Crippen LogP contribution is 2.45. The van der Waals surface area contributed by atoms with Crippen molar-refractivity contribution in [2.45, 2.75) is 44.1 Å². The first-order valence-corrected chi connectivity index (χ1v) is 20.9. The van der Waals surface area contributed by atoms with Gasteiger partial charge in [0, 0.05) is 41.6 Å². The third-order valence-corrected chi connectivity index (χ3v) is 10.7. The zero-order valence-corrected chi connectivity index (χ0v) is 34.8.